The maximum Gasteiger partial charge on any atom is 0.193 e. The Balaban J connectivity index is 1.64. The van der Waals surface area contributed by atoms with E-state index in [9.17, 15) is 13.6 Å². The first kappa shape index (κ1) is 18.0. The number of benzene rings is 3. The average Bonchev–Trinajstić information content (AvgIpc) is 2.68. The molecular weight excluding hydrogens is 348 g/mol. The van der Waals surface area contributed by atoms with E-state index in [0.717, 1.165) is 16.9 Å². The lowest BCUT2D eigenvalue weighted by molar-refractivity contribution is 0.103. The predicted molar refractivity (Wildman–Crippen MR) is 102 cm³/mol. The molecule has 132 valence electrons. The third-order valence-corrected chi connectivity index (χ3v) is 4.20. The van der Waals surface area contributed by atoms with Crippen LogP contribution in [0.25, 0.3) is 0 Å². The van der Waals surface area contributed by atoms with E-state index in [1.807, 2.05) is 54.6 Å². The van der Waals surface area contributed by atoms with Crippen molar-refractivity contribution in [2.24, 2.45) is 0 Å². The molecule has 0 heterocycles. The zero-order valence-corrected chi connectivity index (χ0v) is 14.7. The summed E-state index contributed by atoms with van der Waals surface area (Å²) < 4.78 is 23.3. The van der Waals surface area contributed by atoms with Gasteiger partial charge in [0.2, 0.25) is 0 Å². The van der Waals surface area contributed by atoms with Crippen molar-refractivity contribution in [2.45, 2.75) is 6.54 Å². The molecule has 0 aliphatic carbocycles. The number of hydrogen-bond acceptors (Lipinski definition) is 4. The highest BCUT2D eigenvalue weighted by Crippen LogP contribution is 2.19. The number of anilines is 2. The summed E-state index contributed by atoms with van der Waals surface area (Å²) >= 11 is -2.27. The number of rotatable bonds is 7. The first-order chi connectivity index (χ1) is 12.6. The van der Waals surface area contributed by atoms with Gasteiger partial charge in [-0.2, -0.15) is 0 Å². The molecule has 0 aliphatic heterocycles. The number of ketones is 1. The molecule has 3 aromatic carbocycles. The largest absolute Gasteiger partial charge is 0.760 e. The van der Waals surface area contributed by atoms with Crippen molar-refractivity contribution in [1.82, 2.24) is 4.72 Å². The fourth-order valence-corrected chi connectivity index (χ4v) is 2.76. The van der Waals surface area contributed by atoms with E-state index < -0.39 is 11.3 Å². The Morgan fingerprint density at radius 1 is 0.808 bits per heavy atom. The smallest absolute Gasteiger partial charge is 0.193 e. The summed E-state index contributed by atoms with van der Waals surface area (Å²) in [5.74, 6) is -0.00948. The minimum atomic E-state index is -2.27. The highest BCUT2D eigenvalue weighted by Gasteiger charge is 2.08. The van der Waals surface area contributed by atoms with E-state index >= 15 is 0 Å². The molecule has 0 aromatic heterocycles. The maximum absolute atomic E-state index is 12.4. The second-order valence-electron chi connectivity index (χ2n) is 5.65. The summed E-state index contributed by atoms with van der Waals surface area (Å²) in [4.78, 5) is 12.4. The van der Waals surface area contributed by atoms with Crippen molar-refractivity contribution in [2.75, 3.05) is 5.32 Å². The number of carbonyl (C=O) groups is 1. The van der Waals surface area contributed by atoms with Crippen LogP contribution in [-0.4, -0.2) is 14.5 Å². The standard InChI is InChI=1S/C20H18N2O3S/c23-20(16-4-2-1-3-5-16)17-8-12-19(13-9-17)22-18-10-6-15(7-11-18)14-21-26(24)25/h1-13,21-22H,14H2,(H,24,25)/p-1. The third kappa shape index (κ3) is 4.86. The van der Waals surface area contributed by atoms with Gasteiger partial charge in [0, 0.05) is 40.3 Å². The van der Waals surface area contributed by atoms with Crippen LogP contribution >= 0.6 is 0 Å². The highest BCUT2D eigenvalue weighted by molar-refractivity contribution is 7.77. The summed E-state index contributed by atoms with van der Waals surface area (Å²) in [6.45, 7) is 0.257. The Kier molecular flexibility index (Phi) is 5.91. The third-order valence-electron chi connectivity index (χ3n) is 3.82. The van der Waals surface area contributed by atoms with Gasteiger partial charge in [-0.1, -0.05) is 42.5 Å². The Labute approximate surface area is 154 Å². The lowest BCUT2D eigenvalue weighted by Crippen LogP contribution is -2.15. The van der Waals surface area contributed by atoms with Gasteiger partial charge in [0.05, 0.1) is 0 Å². The molecule has 0 spiro atoms. The summed E-state index contributed by atoms with van der Waals surface area (Å²) in [6.07, 6.45) is 0. The maximum atomic E-state index is 12.4. The quantitative estimate of drug-likeness (QED) is 0.496. The SMILES string of the molecule is O=C(c1ccccc1)c1ccc(Nc2ccc(CNS(=O)[O-])cc2)cc1. The number of nitrogens with one attached hydrogen (secondary N) is 2. The second kappa shape index (κ2) is 8.53. The fraction of sp³-hybridized carbons (Fsp3) is 0.0500. The molecule has 6 heteroatoms. The first-order valence-corrected chi connectivity index (χ1v) is 9.08. The van der Waals surface area contributed by atoms with Crippen LogP contribution in [-0.2, 0) is 17.8 Å². The van der Waals surface area contributed by atoms with Crippen LogP contribution in [0.15, 0.2) is 78.9 Å². The van der Waals surface area contributed by atoms with Gasteiger partial charge in [0.1, 0.15) is 0 Å². The Morgan fingerprint density at radius 3 is 1.92 bits per heavy atom. The van der Waals surface area contributed by atoms with Gasteiger partial charge in [0.25, 0.3) is 0 Å². The molecule has 0 aliphatic rings. The van der Waals surface area contributed by atoms with Gasteiger partial charge >= 0.3 is 0 Å². The Morgan fingerprint density at radius 2 is 1.35 bits per heavy atom. The lowest BCUT2D eigenvalue weighted by atomic mass is 10.0. The van der Waals surface area contributed by atoms with Gasteiger partial charge in [-0.25, -0.2) is 4.72 Å². The van der Waals surface area contributed by atoms with Crippen molar-refractivity contribution in [3.8, 4) is 0 Å². The van der Waals surface area contributed by atoms with Crippen molar-refractivity contribution in [3.05, 3.63) is 95.6 Å². The normalized spacial score (nSPS) is 11.7. The molecule has 3 aromatic rings. The zero-order valence-electron chi connectivity index (χ0n) is 13.8. The van der Waals surface area contributed by atoms with Crippen molar-refractivity contribution in [1.29, 1.82) is 0 Å². The number of carbonyl (C=O) groups excluding carboxylic acids is 1. The molecule has 3 rings (SSSR count). The van der Waals surface area contributed by atoms with E-state index in [1.165, 1.54) is 0 Å². The molecular formula is C20H17N2O3S-. The molecule has 0 saturated carbocycles. The predicted octanol–water partition coefficient (Wildman–Crippen LogP) is 3.54. The molecule has 0 fully saturated rings. The Hall–Kier alpha value is -2.80. The molecule has 26 heavy (non-hydrogen) atoms. The van der Waals surface area contributed by atoms with Crippen LogP contribution in [0.2, 0.25) is 0 Å². The molecule has 0 bridgehead atoms. The summed E-state index contributed by atoms with van der Waals surface area (Å²) in [5.41, 5.74) is 3.90. The van der Waals surface area contributed by atoms with Crippen LogP contribution in [0.3, 0.4) is 0 Å². The number of hydrogen-bond donors (Lipinski definition) is 2. The lowest BCUT2D eigenvalue weighted by Gasteiger charge is -2.10. The van der Waals surface area contributed by atoms with E-state index in [4.69, 9.17) is 0 Å². The highest BCUT2D eigenvalue weighted by atomic mass is 32.2. The molecule has 1 unspecified atom stereocenters. The van der Waals surface area contributed by atoms with E-state index in [1.54, 1.807) is 24.3 Å². The van der Waals surface area contributed by atoms with E-state index in [-0.39, 0.29) is 12.3 Å². The van der Waals surface area contributed by atoms with Crippen LogP contribution in [0.5, 0.6) is 0 Å². The minimum Gasteiger partial charge on any atom is -0.760 e. The molecule has 0 radical (unpaired) electrons. The topological polar surface area (TPSA) is 81.3 Å². The molecule has 1 atom stereocenters. The van der Waals surface area contributed by atoms with Crippen LogP contribution in [0, 0.1) is 0 Å². The summed E-state index contributed by atoms with van der Waals surface area (Å²) in [7, 11) is 0. The summed E-state index contributed by atoms with van der Waals surface area (Å²) in [6, 6.07) is 23.9. The molecule has 0 saturated heterocycles. The van der Waals surface area contributed by atoms with Gasteiger partial charge < -0.3 is 9.87 Å². The minimum absolute atomic E-state index is 0.00948. The average molecular weight is 365 g/mol. The van der Waals surface area contributed by atoms with Gasteiger partial charge in [-0.3, -0.25) is 9.00 Å². The summed E-state index contributed by atoms with van der Waals surface area (Å²) in [5, 5.41) is 3.25. The van der Waals surface area contributed by atoms with Crippen molar-refractivity contribution >= 4 is 28.4 Å². The van der Waals surface area contributed by atoms with Crippen LogP contribution in [0.1, 0.15) is 21.5 Å². The Bertz CT molecular complexity index is 895. The van der Waals surface area contributed by atoms with Crippen molar-refractivity contribution in [3.63, 3.8) is 0 Å². The van der Waals surface area contributed by atoms with Crippen LogP contribution in [0.4, 0.5) is 11.4 Å². The van der Waals surface area contributed by atoms with E-state index in [2.05, 4.69) is 10.0 Å². The van der Waals surface area contributed by atoms with Gasteiger partial charge in [-0.15, -0.1) is 0 Å². The fourth-order valence-electron chi connectivity index (χ4n) is 2.48. The van der Waals surface area contributed by atoms with Crippen molar-refractivity contribution < 1.29 is 13.6 Å². The zero-order chi connectivity index (χ0) is 18.4. The molecule has 5 nitrogen and oxygen atoms in total. The van der Waals surface area contributed by atoms with Gasteiger partial charge in [-0.05, 0) is 42.0 Å². The van der Waals surface area contributed by atoms with E-state index in [0.29, 0.717) is 11.1 Å². The van der Waals surface area contributed by atoms with Crippen LogP contribution < -0.4 is 10.0 Å². The molecule has 0 amide bonds. The second-order valence-corrected chi connectivity index (χ2v) is 6.41. The first-order valence-electron chi connectivity index (χ1n) is 8.00. The molecule has 2 N–H and O–H groups in total. The van der Waals surface area contributed by atoms with Gasteiger partial charge in [0.15, 0.2) is 5.78 Å². The monoisotopic (exact) mass is 365 g/mol.